The minimum Gasteiger partial charge on any atom is -0.481 e. The monoisotopic (exact) mass is 376 g/mol. The van der Waals surface area contributed by atoms with E-state index in [1.54, 1.807) is 0 Å². The van der Waals surface area contributed by atoms with Gasteiger partial charge < -0.3 is 14.9 Å². The molecule has 27 heavy (non-hydrogen) atoms. The van der Waals surface area contributed by atoms with Crippen LogP contribution in [0, 0.1) is 17.8 Å². The molecule has 3 rings (SSSR count). The number of carbonyl (C=O) groups is 1. The van der Waals surface area contributed by atoms with E-state index in [0.717, 1.165) is 38.5 Å². The summed E-state index contributed by atoms with van der Waals surface area (Å²) >= 11 is 0. The first-order valence-corrected chi connectivity index (χ1v) is 11.0. The molecule has 2 aliphatic heterocycles. The number of ether oxygens (including phenoxy) is 1. The number of carboxylic acids is 1. The molecule has 0 radical (unpaired) electrons. The lowest BCUT2D eigenvalue weighted by Gasteiger charge is -2.25. The van der Waals surface area contributed by atoms with E-state index in [1.165, 1.54) is 25.7 Å². The first-order chi connectivity index (χ1) is 13.1. The van der Waals surface area contributed by atoms with Gasteiger partial charge in [-0.25, -0.2) is 0 Å². The highest BCUT2D eigenvalue weighted by Gasteiger charge is 2.46. The number of aliphatic hydroxyl groups is 1. The Hall–Kier alpha value is -1.13. The molecule has 3 fully saturated rings. The highest BCUT2D eigenvalue weighted by Crippen LogP contribution is 2.46. The Morgan fingerprint density at radius 3 is 2.52 bits per heavy atom. The summed E-state index contributed by atoms with van der Waals surface area (Å²) in [4.78, 5) is 10.6. The molecule has 0 aromatic rings. The van der Waals surface area contributed by atoms with Crippen LogP contribution in [0.5, 0.6) is 0 Å². The summed E-state index contributed by atoms with van der Waals surface area (Å²) in [5.41, 5.74) is 0. The van der Waals surface area contributed by atoms with Crippen molar-refractivity contribution in [2.24, 2.45) is 17.8 Å². The second-order valence-electron chi connectivity index (χ2n) is 8.65. The average molecular weight is 377 g/mol. The van der Waals surface area contributed by atoms with Crippen molar-refractivity contribution >= 4 is 5.97 Å². The summed E-state index contributed by atoms with van der Waals surface area (Å²) in [7, 11) is 0. The molecule has 0 aromatic carbocycles. The topological polar surface area (TPSA) is 66.8 Å². The Bertz CT molecular complexity index is 518. The molecule has 5 atom stereocenters. The first kappa shape index (κ1) is 20.6. The molecular formula is C23H36O4. The van der Waals surface area contributed by atoms with E-state index in [9.17, 15) is 9.90 Å². The van der Waals surface area contributed by atoms with Crippen LogP contribution in [0.1, 0.15) is 77.0 Å². The van der Waals surface area contributed by atoms with Gasteiger partial charge >= 0.3 is 5.97 Å². The number of hydrogen-bond donors (Lipinski definition) is 2. The van der Waals surface area contributed by atoms with Crippen LogP contribution >= 0.6 is 0 Å². The first-order valence-electron chi connectivity index (χ1n) is 11.0. The minimum absolute atomic E-state index is 0.242. The van der Waals surface area contributed by atoms with Crippen molar-refractivity contribution < 1.29 is 19.7 Å². The van der Waals surface area contributed by atoms with E-state index < -0.39 is 5.97 Å². The van der Waals surface area contributed by atoms with Crippen molar-refractivity contribution in [3.8, 4) is 0 Å². The number of rotatable bonds is 9. The zero-order valence-electron chi connectivity index (χ0n) is 16.5. The molecule has 0 aromatic heterocycles. The van der Waals surface area contributed by atoms with Gasteiger partial charge in [0.05, 0.1) is 18.3 Å². The Morgan fingerprint density at radius 1 is 1.04 bits per heavy atom. The lowest BCUT2D eigenvalue weighted by molar-refractivity contribution is -0.137. The standard InChI is InChI=1S/C23H36O4/c24-20(17-9-5-1-2-6-10-17)14-13-19-18(21-15-16-22(19)27-21)11-7-3-4-8-12-23(25)26/h3,7,13-14,17-22,24H,1-2,4-6,8-12,15-16H2,(H,25,26)/b7-3-,14-13+/t18-,19-,20?,21+,22-/m0/s1. The van der Waals surface area contributed by atoms with Gasteiger partial charge in [0, 0.05) is 12.3 Å². The fraction of sp³-hybridized carbons (Fsp3) is 0.783. The third-order valence-electron chi connectivity index (χ3n) is 6.74. The SMILES string of the molecule is O=C(O)CCC/C=C\C[C@H]1[C@H](/C=C/C(O)C2CCCCCC2)[C@@H]2CC[C@H]1O2. The van der Waals surface area contributed by atoms with Gasteiger partial charge in [0.1, 0.15) is 0 Å². The molecule has 1 unspecified atom stereocenters. The molecule has 0 amide bonds. The molecule has 2 bridgehead atoms. The van der Waals surface area contributed by atoms with E-state index in [-0.39, 0.29) is 12.5 Å². The maximum Gasteiger partial charge on any atom is 0.303 e. The van der Waals surface area contributed by atoms with Crippen LogP contribution in [-0.4, -0.2) is 34.5 Å². The Balaban J connectivity index is 1.50. The van der Waals surface area contributed by atoms with Gasteiger partial charge in [-0.3, -0.25) is 4.79 Å². The molecule has 0 spiro atoms. The number of fused-ring (bicyclic) bond motifs is 2. The molecule has 2 heterocycles. The Labute approximate surface area is 163 Å². The highest BCUT2D eigenvalue weighted by molar-refractivity contribution is 5.66. The van der Waals surface area contributed by atoms with Crippen LogP contribution in [0.4, 0.5) is 0 Å². The highest BCUT2D eigenvalue weighted by atomic mass is 16.5. The molecular weight excluding hydrogens is 340 g/mol. The van der Waals surface area contributed by atoms with Gasteiger partial charge in [-0.2, -0.15) is 0 Å². The van der Waals surface area contributed by atoms with Crippen molar-refractivity contribution in [2.45, 2.75) is 95.4 Å². The van der Waals surface area contributed by atoms with Crippen molar-refractivity contribution in [3.05, 3.63) is 24.3 Å². The van der Waals surface area contributed by atoms with Crippen LogP contribution in [0.3, 0.4) is 0 Å². The maximum absolute atomic E-state index is 10.6. The van der Waals surface area contributed by atoms with Gasteiger partial charge in [0.15, 0.2) is 0 Å². The Kier molecular flexibility index (Phi) is 7.95. The zero-order valence-corrected chi connectivity index (χ0v) is 16.5. The molecule has 3 aliphatic rings. The number of aliphatic hydroxyl groups excluding tert-OH is 1. The number of carboxylic acid groups (broad SMARTS) is 1. The van der Waals surface area contributed by atoms with E-state index in [2.05, 4.69) is 24.3 Å². The van der Waals surface area contributed by atoms with Crippen molar-refractivity contribution in [3.63, 3.8) is 0 Å². The zero-order chi connectivity index (χ0) is 19.1. The van der Waals surface area contributed by atoms with Crippen molar-refractivity contribution in [1.29, 1.82) is 0 Å². The number of hydrogen-bond acceptors (Lipinski definition) is 3. The van der Waals surface area contributed by atoms with Crippen LogP contribution in [0.25, 0.3) is 0 Å². The predicted octanol–water partition coefficient (Wildman–Crippen LogP) is 4.87. The van der Waals surface area contributed by atoms with Crippen molar-refractivity contribution in [1.82, 2.24) is 0 Å². The minimum atomic E-state index is -0.720. The van der Waals surface area contributed by atoms with Gasteiger partial charge in [-0.1, -0.05) is 50.0 Å². The predicted molar refractivity (Wildman–Crippen MR) is 106 cm³/mol. The average Bonchev–Trinajstić information content (AvgIpc) is 3.13. The fourth-order valence-electron chi connectivity index (χ4n) is 5.18. The summed E-state index contributed by atoms with van der Waals surface area (Å²) in [5.74, 6) is 0.614. The molecule has 2 N–H and O–H groups in total. The van der Waals surface area contributed by atoms with Gasteiger partial charge in [-0.05, 0) is 56.8 Å². The number of aliphatic carboxylic acids is 1. The quantitative estimate of drug-likeness (QED) is 0.342. The molecule has 4 nitrogen and oxygen atoms in total. The van der Waals surface area contributed by atoms with Crippen LogP contribution in [-0.2, 0) is 9.53 Å². The molecule has 2 saturated heterocycles. The summed E-state index contributed by atoms with van der Waals surface area (Å²) in [5, 5.41) is 19.3. The third kappa shape index (κ3) is 5.92. The van der Waals surface area contributed by atoms with E-state index in [4.69, 9.17) is 9.84 Å². The van der Waals surface area contributed by atoms with E-state index in [0.29, 0.717) is 36.4 Å². The number of unbranched alkanes of at least 4 members (excludes halogenated alkanes) is 1. The van der Waals surface area contributed by atoms with Crippen molar-refractivity contribution in [2.75, 3.05) is 0 Å². The second kappa shape index (κ2) is 10.4. The van der Waals surface area contributed by atoms with Crippen LogP contribution in [0.2, 0.25) is 0 Å². The summed E-state index contributed by atoms with van der Waals surface area (Å²) in [6, 6.07) is 0. The molecule has 1 aliphatic carbocycles. The van der Waals surface area contributed by atoms with Gasteiger partial charge in [0.2, 0.25) is 0 Å². The summed E-state index contributed by atoms with van der Waals surface area (Å²) < 4.78 is 6.16. The third-order valence-corrected chi connectivity index (χ3v) is 6.74. The second-order valence-corrected chi connectivity index (χ2v) is 8.65. The summed E-state index contributed by atoms with van der Waals surface area (Å²) in [6.45, 7) is 0. The van der Waals surface area contributed by atoms with Crippen LogP contribution in [0.15, 0.2) is 24.3 Å². The summed E-state index contributed by atoms with van der Waals surface area (Å²) in [6.07, 6.45) is 21.5. The molecule has 4 heteroatoms. The maximum atomic E-state index is 10.6. The van der Waals surface area contributed by atoms with Gasteiger partial charge in [0.25, 0.3) is 0 Å². The van der Waals surface area contributed by atoms with Gasteiger partial charge in [-0.15, -0.1) is 0 Å². The lowest BCUT2D eigenvalue weighted by Crippen LogP contribution is -2.26. The smallest absolute Gasteiger partial charge is 0.303 e. The normalized spacial score (nSPS) is 33.1. The largest absolute Gasteiger partial charge is 0.481 e. The van der Waals surface area contributed by atoms with Crippen LogP contribution < -0.4 is 0 Å². The fourth-order valence-corrected chi connectivity index (χ4v) is 5.18. The lowest BCUT2D eigenvalue weighted by atomic mass is 9.77. The Morgan fingerprint density at radius 2 is 1.78 bits per heavy atom. The van der Waals surface area contributed by atoms with E-state index in [1.807, 2.05) is 0 Å². The molecule has 152 valence electrons. The van der Waals surface area contributed by atoms with E-state index >= 15 is 0 Å². The number of allylic oxidation sites excluding steroid dienone is 2. The molecule has 1 saturated carbocycles.